The Kier molecular flexibility index (Phi) is 5.36. The minimum Gasteiger partial charge on any atom is -0.295 e. The first-order valence-electron chi connectivity index (χ1n) is 7.39. The summed E-state index contributed by atoms with van der Waals surface area (Å²) >= 11 is 0. The highest BCUT2D eigenvalue weighted by molar-refractivity contribution is 7.91. The molecule has 0 amide bonds. The molecule has 0 N–H and O–H groups in total. The molecule has 2 aromatic rings. The summed E-state index contributed by atoms with van der Waals surface area (Å²) in [7, 11) is -1.41. The number of para-hydroxylation sites is 2. The first kappa shape index (κ1) is 17.8. The lowest BCUT2D eigenvalue weighted by atomic mass is 10.3. The SMILES string of the molecule is CCS(=O)(=O)C[C@H](C)N(C)Cc1nc2ccccc2n1C(F)F. The van der Waals surface area contributed by atoms with Crippen LogP contribution in [0.2, 0.25) is 0 Å². The van der Waals surface area contributed by atoms with E-state index >= 15 is 0 Å². The third-order valence-electron chi connectivity index (χ3n) is 3.94. The van der Waals surface area contributed by atoms with E-state index in [1.807, 2.05) is 0 Å². The van der Waals surface area contributed by atoms with Crippen LogP contribution in [0.3, 0.4) is 0 Å². The third kappa shape index (κ3) is 4.06. The average molecular weight is 345 g/mol. The summed E-state index contributed by atoms with van der Waals surface area (Å²) in [5.41, 5.74) is 0.879. The van der Waals surface area contributed by atoms with Crippen LogP contribution in [0.15, 0.2) is 24.3 Å². The molecule has 0 bridgehead atoms. The van der Waals surface area contributed by atoms with E-state index < -0.39 is 16.4 Å². The Morgan fingerprint density at radius 3 is 2.57 bits per heavy atom. The zero-order valence-electron chi connectivity index (χ0n) is 13.4. The van der Waals surface area contributed by atoms with E-state index in [0.29, 0.717) is 11.0 Å². The maximum Gasteiger partial charge on any atom is 0.320 e. The largest absolute Gasteiger partial charge is 0.320 e. The zero-order chi connectivity index (χ0) is 17.2. The van der Waals surface area contributed by atoms with Crippen LogP contribution in [0.4, 0.5) is 8.78 Å². The number of imidazole rings is 1. The van der Waals surface area contributed by atoms with Crippen molar-refractivity contribution in [2.45, 2.75) is 33.0 Å². The first-order chi connectivity index (χ1) is 10.7. The van der Waals surface area contributed by atoms with Gasteiger partial charge in [0.15, 0.2) is 9.84 Å². The van der Waals surface area contributed by atoms with Gasteiger partial charge in [-0.05, 0) is 26.1 Å². The maximum atomic E-state index is 13.4. The molecule has 128 valence electrons. The Balaban J connectivity index is 2.25. The molecule has 2 rings (SSSR count). The highest BCUT2D eigenvalue weighted by atomic mass is 32.2. The number of halogens is 2. The van der Waals surface area contributed by atoms with Crippen LogP contribution in [-0.2, 0) is 16.4 Å². The number of benzene rings is 1. The molecule has 0 spiro atoms. The number of hydrogen-bond acceptors (Lipinski definition) is 4. The fourth-order valence-electron chi connectivity index (χ4n) is 2.42. The van der Waals surface area contributed by atoms with Gasteiger partial charge in [0, 0.05) is 11.8 Å². The van der Waals surface area contributed by atoms with Gasteiger partial charge in [-0.25, -0.2) is 13.4 Å². The van der Waals surface area contributed by atoms with Gasteiger partial charge in [0.25, 0.3) is 0 Å². The summed E-state index contributed by atoms with van der Waals surface area (Å²) in [4.78, 5) is 5.99. The maximum absolute atomic E-state index is 13.4. The van der Waals surface area contributed by atoms with Crippen molar-refractivity contribution in [3.8, 4) is 0 Å². The Labute approximate surface area is 134 Å². The van der Waals surface area contributed by atoms with Crippen molar-refractivity contribution in [1.29, 1.82) is 0 Å². The van der Waals surface area contributed by atoms with Crippen LogP contribution in [0.1, 0.15) is 26.2 Å². The molecule has 1 atom stereocenters. The fraction of sp³-hybridized carbons (Fsp3) is 0.533. The smallest absolute Gasteiger partial charge is 0.295 e. The van der Waals surface area contributed by atoms with E-state index in [9.17, 15) is 17.2 Å². The second-order valence-electron chi connectivity index (χ2n) is 5.63. The van der Waals surface area contributed by atoms with E-state index in [1.165, 1.54) is 0 Å². The highest BCUT2D eigenvalue weighted by Gasteiger charge is 2.22. The normalized spacial score (nSPS) is 14.0. The van der Waals surface area contributed by atoms with E-state index in [2.05, 4.69) is 4.98 Å². The molecule has 1 aromatic carbocycles. The molecule has 0 radical (unpaired) electrons. The lowest BCUT2D eigenvalue weighted by molar-refractivity contribution is 0.0683. The predicted molar refractivity (Wildman–Crippen MR) is 86.2 cm³/mol. The Morgan fingerprint density at radius 1 is 1.30 bits per heavy atom. The van der Waals surface area contributed by atoms with Crippen molar-refractivity contribution < 1.29 is 17.2 Å². The molecular weight excluding hydrogens is 324 g/mol. The van der Waals surface area contributed by atoms with Crippen LogP contribution in [0, 0.1) is 0 Å². The van der Waals surface area contributed by atoms with Crippen LogP contribution < -0.4 is 0 Å². The van der Waals surface area contributed by atoms with Gasteiger partial charge < -0.3 is 0 Å². The standard InChI is InChI=1S/C15H21F2N3O2S/c1-4-23(21,22)10-11(2)19(3)9-14-18-12-7-5-6-8-13(12)20(14)15(16)17/h5-8,11,15H,4,9-10H2,1-3H3/t11-/m0/s1. The highest BCUT2D eigenvalue weighted by Crippen LogP contribution is 2.24. The van der Waals surface area contributed by atoms with Gasteiger partial charge in [0.05, 0.1) is 23.3 Å². The van der Waals surface area contributed by atoms with Crippen molar-refractivity contribution in [3.63, 3.8) is 0 Å². The molecule has 0 aliphatic rings. The number of alkyl halides is 2. The van der Waals surface area contributed by atoms with Gasteiger partial charge in [-0.15, -0.1) is 0 Å². The van der Waals surface area contributed by atoms with Gasteiger partial charge in [-0.2, -0.15) is 8.78 Å². The molecule has 0 fully saturated rings. The van der Waals surface area contributed by atoms with Crippen molar-refractivity contribution in [2.24, 2.45) is 0 Å². The van der Waals surface area contributed by atoms with Gasteiger partial charge in [0.1, 0.15) is 5.82 Å². The Morgan fingerprint density at radius 2 is 1.96 bits per heavy atom. The lowest BCUT2D eigenvalue weighted by Crippen LogP contribution is -2.35. The second kappa shape index (κ2) is 6.92. The van der Waals surface area contributed by atoms with Gasteiger partial charge in [0.2, 0.25) is 0 Å². The monoisotopic (exact) mass is 345 g/mol. The van der Waals surface area contributed by atoms with E-state index in [4.69, 9.17) is 0 Å². The van der Waals surface area contributed by atoms with Gasteiger partial charge >= 0.3 is 6.55 Å². The lowest BCUT2D eigenvalue weighted by Gasteiger charge is -2.24. The van der Waals surface area contributed by atoms with Crippen LogP contribution >= 0.6 is 0 Å². The number of aromatic nitrogens is 2. The fourth-order valence-corrected chi connectivity index (χ4v) is 3.64. The van der Waals surface area contributed by atoms with Crippen LogP contribution in [0.5, 0.6) is 0 Å². The van der Waals surface area contributed by atoms with Crippen molar-refractivity contribution in [1.82, 2.24) is 14.5 Å². The zero-order valence-corrected chi connectivity index (χ0v) is 14.2. The summed E-state index contributed by atoms with van der Waals surface area (Å²) in [5.74, 6) is 0.291. The molecule has 23 heavy (non-hydrogen) atoms. The summed E-state index contributed by atoms with van der Waals surface area (Å²) in [5, 5.41) is 0. The molecule has 8 heteroatoms. The third-order valence-corrected chi connectivity index (χ3v) is 5.81. The molecule has 0 aliphatic heterocycles. The Hall–Kier alpha value is -1.54. The summed E-state index contributed by atoms with van der Waals surface area (Å²) in [6.07, 6.45) is 0. The van der Waals surface area contributed by atoms with Crippen molar-refractivity contribution in [2.75, 3.05) is 18.6 Å². The number of nitrogens with zero attached hydrogens (tertiary/aromatic N) is 3. The molecule has 1 aromatic heterocycles. The summed E-state index contributed by atoms with van der Waals surface area (Å²) in [6.45, 7) is 0.820. The minimum atomic E-state index is -3.12. The Bertz CT molecular complexity index is 774. The molecule has 1 heterocycles. The molecular formula is C15H21F2N3O2S. The molecule has 5 nitrogen and oxygen atoms in total. The number of sulfone groups is 1. The number of hydrogen-bond donors (Lipinski definition) is 0. The van der Waals surface area contributed by atoms with Crippen molar-refractivity contribution in [3.05, 3.63) is 30.1 Å². The molecule has 0 saturated carbocycles. The van der Waals surface area contributed by atoms with E-state index in [1.54, 1.807) is 50.1 Å². The second-order valence-corrected chi connectivity index (χ2v) is 8.03. The number of rotatable bonds is 7. The van der Waals surface area contributed by atoms with Crippen molar-refractivity contribution >= 4 is 20.9 Å². The first-order valence-corrected chi connectivity index (χ1v) is 9.22. The van der Waals surface area contributed by atoms with Crippen LogP contribution in [0.25, 0.3) is 11.0 Å². The summed E-state index contributed by atoms with van der Waals surface area (Å²) in [6, 6.07) is 6.43. The number of fused-ring (bicyclic) bond motifs is 1. The van der Waals surface area contributed by atoms with E-state index in [0.717, 1.165) is 4.57 Å². The quantitative estimate of drug-likeness (QED) is 0.774. The minimum absolute atomic E-state index is 0.00505. The topological polar surface area (TPSA) is 55.2 Å². The summed E-state index contributed by atoms with van der Waals surface area (Å²) < 4.78 is 51.1. The van der Waals surface area contributed by atoms with Gasteiger partial charge in [-0.1, -0.05) is 19.1 Å². The molecule has 0 saturated heterocycles. The molecule has 0 unspecified atom stereocenters. The van der Waals surface area contributed by atoms with E-state index in [-0.39, 0.29) is 29.9 Å². The average Bonchev–Trinajstić information content (AvgIpc) is 2.84. The van der Waals surface area contributed by atoms with Crippen LogP contribution in [-0.4, -0.2) is 47.5 Å². The molecule has 0 aliphatic carbocycles. The predicted octanol–water partition coefficient (Wildman–Crippen LogP) is 2.69. The van der Waals surface area contributed by atoms with Gasteiger partial charge in [-0.3, -0.25) is 9.47 Å².